The Morgan fingerprint density at radius 1 is 1.20 bits per heavy atom. The minimum absolute atomic E-state index is 0.0986. The van der Waals surface area contributed by atoms with Crippen LogP contribution < -0.4 is 5.32 Å². The van der Waals surface area contributed by atoms with E-state index < -0.39 is 0 Å². The lowest BCUT2D eigenvalue weighted by atomic mass is 10.2. The van der Waals surface area contributed by atoms with E-state index >= 15 is 0 Å². The lowest BCUT2D eigenvalue weighted by Gasteiger charge is -2.35. The summed E-state index contributed by atoms with van der Waals surface area (Å²) in [5, 5.41) is 3.45. The van der Waals surface area contributed by atoms with E-state index in [1.165, 1.54) is 12.8 Å². The number of likely N-dealkylation sites (N-methyl/N-ethyl adjacent to an activating group) is 1. The zero-order valence-corrected chi connectivity index (χ0v) is 12.6. The van der Waals surface area contributed by atoms with Crippen LogP contribution in [0.15, 0.2) is 0 Å². The predicted octanol–water partition coefficient (Wildman–Crippen LogP) is -0.639. The molecule has 2 fully saturated rings. The number of carbonyl (C=O) groups is 2. The first-order valence-corrected chi connectivity index (χ1v) is 7.51. The molecular weight excluding hydrogens is 256 g/mol. The van der Waals surface area contributed by atoms with Gasteiger partial charge in [0.2, 0.25) is 11.8 Å². The fourth-order valence-electron chi connectivity index (χ4n) is 2.95. The highest BCUT2D eigenvalue weighted by atomic mass is 16.2. The standard InChI is InChI=1S/C14H26N4O2/c1-12(19)17-6-8-18(9-7-17)14(20)11-16(2)10-13-4-3-5-15-13/h13,15H,3-11H2,1-2H3. The second-order valence-corrected chi connectivity index (χ2v) is 5.88. The molecule has 1 unspecified atom stereocenters. The molecule has 1 atom stereocenters. The molecule has 6 nitrogen and oxygen atoms in total. The molecule has 2 aliphatic rings. The van der Waals surface area contributed by atoms with E-state index in [2.05, 4.69) is 10.2 Å². The summed E-state index contributed by atoms with van der Waals surface area (Å²) in [4.78, 5) is 29.2. The van der Waals surface area contributed by atoms with Gasteiger partial charge >= 0.3 is 0 Å². The zero-order valence-electron chi connectivity index (χ0n) is 12.6. The zero-order chi connectivity index (χ0) is 14.5. The van der Waals surface area contributed by atoms with E-state index in [0.29, 0.717) is 38.8 Å². The van der Waals surface area contributed by atoms with Crippen molar-refractivity contribution in [3.8, 4) is 0 Å². The molecule has 2 amide bonds. The monoisotopic (exact) mass is 282 g/mol. The highest BCUT2D eigenvalue weighted by molar-refractivity contribution is 5.79. The SMILES string of the molecule is CC(=O)N1CCN(C(=O)CN(C)CC2CCCN2)CC1. The lowest BCUT2D eigenvalue weighted by molar-refractivity contribution is -0.139. The second-order valence-electron chi connectivity index (χ2n) is 5.88. The molecular formula is C14H26N4O2. The van der Waals surface area contributed by atoms with Crippen molar-refractivity contribution >= 4 is 11.8 Å². The third-order valence-corrected chi connectivity index (χ3v) is 4.18. The Morgan fingerprint density at radius 2 is 1.85 bits per heavy atom. The average Bonchev–Trinajstić information content (AvgIpc) is 2.91. The maximum atomic E-state index is 12.2. The summed E-state index contributed by atoms with van der Waals surface area (Å²) < 4.78 is 0. The number of hydrogen-bond acceptors (Lipinski definition) is 4. The number of amides is 2. The van der Waals surface area contributed by atoms with Crippen molar-refractivity contribution in [2.24, 2.45) is 0 Å². The van der Waals surface area contributed by atoms with Crippen LogP contribution in [-0.2, 0) is 9.59 Å². The summed E-state index contributed by atoms with van der Waals surface area (Å²) in [5.41, 5.74) is 0. The topological polar surface area (TPSA) is 55.9 Å². The van der Waals surface area contributed by atoms with E-state index in [1.807, 2.05) is 11.9 Å². The van der Waals surface area contributed by atoms with E-state index in [-0.39, 0.29) is 11.8 Å². The molecule has 0 aromatic rings. The van der Waals surface area contributed by atoms with Gasteiger partial charge in [-0.1, -0.05) is 0 Å². The van der Waals surface area contributed by atoms with Crippen LogP contribution in [-0.4, -0.2) is 85.4 Å². The van der Waals surface area contributed by atoms with Gasteiger partial charge in [-0.15, -0.1) is 0 Å². The summed E-state index contributed by atoms with van der Waals surface area (Å²) in [6.45, 7) is 6.72. The molecule has 0 aromatic heterocycles. The van der Waals surface area contributed by atoms with Crippen molar-refractivity contribution in [1.29, 1.82) is 0 Å². The van der Waals surface area contributed by atoms with E-state index in [9.17, 15) is 9.59 Å². The minimum Gasteiger partial charge on any atom is -0.339 e. The van der Waals surface area contributed by atoms with Gasteiger partial charge in [0.05, 0.1) is 6.54 Å². The van der Waals surface area contributed by atoms with Gasteiger partial charge < -0.3 is 15.1 Å². The van der Waals surface area contributed by atoms with Gasteiger partial charge in [0.15, 0.2) is 0 Å². The third-order valence-electron chi connectivity index (χ3n) is 4.18. The number of rotatable bonds is 4. The maximum Gasteiger partial charge on any atom is 0.236 e. The fraction of sp³-hybridized carbons (Fsp3) is 0.857. The normalized spacial score (nSPS) is 23.4. The van der Waals surface area contributed by atoms with Crippen LogP contribution in [0.2, 0.25) is 0 Å². The van der Waals surface area contributed by atoms with Crippen molar-refractivity contribution in [3.05, 3.63) is 0 Å². The van der Waals surface area contributed by atoms with Crippen LogP contribution in [0, 0.1) is 0 Å². The first-order valence-electron chi connectivity index (χ1n) is 7.51. The van der Waals surface area contributed by atoms with Crippen molar-refractivity contribution in [1.82, 2.24) is 20.0 Å². The second kappa shape index (κ2) is 7.04. The number of hydrogen-bond donors (Lipinski definition) is 1. The van der Waals surface area contributed by atoms with E-state index in [1.54, 1.807) is 11.8 Å². The van der Waals surface area contributed by atoms with Crippen molar-refractivity contribution in [2.45, 2.75) is 25.8 Å². The Hall–Kier alpha value is -1.14. The van der Waals surface area contributed by atoms with E-state index in [0.717, 1.165) is 13.1 Å². The van der Waals surface area contributed by atoms with Crippen molar-refractivity contribution in [3.63, 3.8) is 0 Å². The van der Waals surface area contributed by atoms with Gasteiger partial charge in [0, 0.05) is 45.7 Å². The maximum absolute atomic E-state index is 12.2. The van der Waals surface area contributed by atoms with Gasteiger partial charge in [0.25, 0.3) is 0 Å². The minimum atomic E-state index is 0.0986. The Labute approximate surface area is 121 Å². The number of nitrogens with zero attached hydrogens (tertiary/aromatic N) is 3. The van der Waals surface area contributed by atoms with Crippen LogP contribution in [0.1, 0.15) is 19.8 Å². The molecule has 0 aliphatic carbocycles. The molecule has 1 N–H and O–H groups in total. The molecule has 0 saturated carbocycles. The summed E-state index contributed by atoms with van der Waals surface area (Å²) in [5.74, 6) is 0.273. The number of nitrogens with one attached hydrogen (secondary N) is 1. The third kappa shape index (κ3) is 4.18. The molecule has 2 saturated heterocycles. The molecule has 2 rings (SSSR count). The van der Waals surface area contributed by atoms with Crippen LogP contribution >= 0.6 is 0 Å². The molecule has 0 radical (unpaired) electrons. The smallest absolute Gasteiger partial charge is 0.236 e. The highest BCUT2D eigenvalue weighted by Gasteiger charge is 2.24. The molecule has 0 spiro atoms. The van der Waals surface area contributed by atoms with Gasteiger partial charge in [-0.05, 0) is 26.4 Å². The quantitative estimate of drug-likeness (QED) is 0.745. The fourth-order valence-corrected chi connectivity index (χ4v) is 2.95. The lowest BCUT2D eigenvalue weighted by Crippen LogP contribution is -2.52. The average molecular weight is 282 g/mol. The van der Waals surface area contributed by atoms with Gasteiger partial charge in [-0.3, -0.25) is 14.5 Å². The molecule has 114 valence electrons. The summed E-state index contributed by atoms with van der Waals surface area (Å²) in [6, 6.07) is 0.530. The van der Waals surface area contributed by atoms with Crippen LogP contribution in [0.25, 0.3) is 0 Å². The van der Waals surface area contributed by atoms with Crippen LogP contribution in [0.4, 0.5) is 0 Å². The van der Waals surface area contributed by atoms with Gasteiger partial charge in [-0.25, -0.2) is 0 Å². The van der Waals surface area contributed by atoms with Crippen molar-refractivity contribution in [2.75, 3.05) is 52.9 Å². The Bertz CT molecular complexity index is 347. The van der Waals surface area contributed by atoms with Crippen molar-refractivity contribution < 1.29 is 9.59 Å². The molecule has 2 aliphatic heterocycles. The van der Waals surface area contributed by atoms with Gasteiger partial charge in [0.1, 0.15) is 0 Å². The Morgan fingerprint density at radius 3 is 2.40 bits per heavy atom. The largest absolute Gasteiger partial charge is 0.339 e. The number of piperazine rings is 1. The molecule has 0 aromatic carbocycles. The van der Waals surface area contributed by atoms with Crippen LogP contribution in [0.5, 0.6) is 0 Å². The van der Waals surface area contributed by atoms with Crippen LogP contribution in [0.3, 0.4) is 0 Å². The predicted molar refractivity (Wildman–Crippen MR) is 77.4 cm³/mol. The van der Waals surface area contributed by atoms with Gasteiger partial charge in [-0.2, -0.15) is 0 Å². The molecule has 6 heteroatoms. The number of carbonyl (C=O) groups excluding carboxylic acids is 2. The molecule has 2 heterocycles. The summed E-state index contributed by atoms with van der Waals surface area (Å²) >= 11 is 0. The highest BCUT2D eigenvalue weighted by Crippen LogP contribution is 2.07. The molecule has 0 bridgehead atoms. The van der Waals surface area contributed by atoms with E-state index in [4.69, 9.17) is 0 Å². The molecule has 20 heavy (non-hydrogen) atoms. The summed E-state index contributed by atoms with van der Waals surface area (Å²) in [7, 11) is 2.00. The summed E-state index contributed by atoms with van der Waals surface area (Å²) in [6.07, 6.45) is 2.44. The first kappa shape index (κ1) is 15.3. The Kier molecular flexibility index (Phi) is 5.37. The first-order chi connectivity index (χ1) is 9.56. The Balaban J connectivity index is 1.70.